The van der Waals surface area contributed by atoms with Gasteiger partial charge in [0.2, 0.25) is 15.9 Å². The SMILES string of the molecule is O=C(CCC1CCNCC1)Nc1ccc(Cl)c(S(=O)(=O)N2CCCC2)c1. The summed E-state index contributed by atoms with van der Waals surface area (Å²) in [4.78, 5) is 12.3. The van der Waals surface area contributed by atoms with Crippen molar-refractivity contribution in [3.05, 3.63) is 23.2 Å². The lowest BCUT2D eigenvalue weighted by molar-refractivity contribution is -0.116. The monoisotopic (exact) mass is 399 g/mol. The molecule has 0 unspecified atom stereocenters. The van der Waals surface area contributed by atoms with Gasteiger partial charge >= 0.3 is 0 Å². The lowest BCUT2D eigenvalue weighted by atomic mass is 9.93. The van der Waals surface area contributed by atoms with Crippen LogP contribution in [0.2, 0.25) is 5.02 Å². The highest BCUT2D eigenvalue weighted by molar-refractivity contribution is 7.89. The average Bonchev–Trinajstić information content (AvgIpc) is 3.18. The van der Waals surface area contributed by atoms with Gasteiger partial charge in [-0.05, 0) is 69.3 Å². The topological polar surface area (TPSA) is 78.5 Å². The third-order valence-electron chi connectivity index (χ3n) is 5.14. The van der Waals surface area contributed by atoms with E-state index in [9.17, 15) is 13.2 Å². The van der Waals surface area contributed by atoms with Crippen LogP contribution in [0.3, 0.4) is 0 Å². The van der Waals surface area contributed by atoms with Crippen LogP contribution < -0.4 is 10.6 Å². The van der Waals surface area contributed by atoms with E-state index in [0.29, 0.717) is 31.1 Å². The normalized spacial score (nSPS) is 19.6. The Morgan fingerprint density at radius 2 is 1.92 bits per heavy atom. The molecule has 0 saturated carbocycles. The molecule has 2 aliphatic heterocycles. The number of nitrogens with one attached hydrogen (secondary N) is 2. The van der Waals surface area contributed by atoms with Crippen molar-refractivity contribution in [1.29, 1.82) is 0 Å². The molecule has 0 radical (unpaired) electrons. The third-order valence-corrected chi connectivity index (χ3v) is 7.52. The Morgan fingerprint density at radius 1 is 1.23 bits per heavy atom. The molecule has 144 valence electrons. The quantitative estimate of drug-likeness (QED) is 0.770. The number of halogens is 1. The number of piperidine rings is 1. The van der Waals surface area contributed by atoms with Crippen molar-refractivity contribution < 1.29 is 13.2 Å². The average molecular weight is 400 g/mol. The van der Waals surface area contributed by atoms with Crippen LogP contribution in [0.5, 0.6) is 0 Å². The molecule has 0 aromatic heterocycles. The number of hydrogen-bond donors (Lipinski definition) is 2. The number of amides is 1. The van der Waals surface area contributed by atoms with Gasteiger partial charge < -0.3 is 10.6 Å². The van der Waals surface area contributed by atoms with E-state index in [1.165, 1.54) is 16.4 Å². The van der Waals surface area contributed by atoms with Crippen LogP contribution in [0.25, 0.3) is 0 Å². The summed E-state index contributed by atoms with van der Waals surface area (Å²) in [7, 11) is -3.61. The van der Waals surface area contributed by atoms with Gasteiger partial charge in [-0.3, -0.25) is 4.79 Å². The molecule has 0 aliphatic carbocycles. The Morgan fingerprint density at radius 3 is 2.62 bits per heavy atom. The predicted molar refractivity (Wildman–Crippen MR) is 103 cm³/mol. The molecule has 3 rings (SSSR count). The van der Waals surface area contributed by atoms with Crippen LogP contribution in [0.1, 0.15) is 38.5 Å². The standard InChI is InChI=1S/C18H26ClN3O3S/c19-16-5-4-15(13-17(16)26(24,25)22-11-1-2-12-22)21-18(23)6-3-14-7-9-20-10-8-14/h4-5,13-14,20H,1-3,6-12H2,(H,21,23). The van der Waals surface area contributed by atoms with Gasteiger partial charge in [-0.2, -0.15) is 4.31 Å². The maximum Gasteiger partial charge on any atom is 0.244 e. The van der Waals surface area contributed by atoms with Crippen molar-refractivity contribution in [3.63, 3.8) is 0 Å². The van der Waals surface area contributed by atoms with Gasteiger partial charge in [0.1, 0.15) is 4.90 Å². The first-order valence-corrected chi connectivity index (χ1v) is 11.1. The van der Waals surface area contributed by atoms with Crippen LogP contribution in [0.15, 0.2) is 23.1 Å². The first-order chi connectivity index (χ1) is 12.5. The minimum absolute atomic E-state index is 0.0669. The third kappa shape index (κ3) is 4.76. The van der Waals surface area contributed by atoms with E-state index in [0.717, 1.165) is 45.2 Å². The zero-order valence-corrected chi connectivity index (χ0v) is 16.4. The minimum atomic E-state index is -3.61. The molecule has 2 aliphatic rings. The molecule has 2 N–H and O–H groups in total. The molecule has 1 aromatic rings. The molecule has 2 fully saturated rings. The van der Waals surface area contributed by atoms with Crippen molar-refractivity contribution in [2.24, 2.45) is 5.92 Å². The van der Waals surface area contributed by atoms with Gasteiger partial charge in [-0.15, -0.1) is 0 Å². The van der Waals surface area contributed by atoms with E-state index in [4.69, 9.17) is 11.6 Å². The van der Waals surface area contributed by atoms with Crippen LogP contribution >= 0.6 is 11.6 Å². The Hall–Kier alpha value is -1.15. The van der Waals surface area contributed by atoms with Gasteiger partial charge in [0.25, 0.3) is 0 Å². The van der Waals surface area contributed by atoms with E-state index in [-0.39, 0.29) is 15.8 Å². The molecule has 6 nitrogen and oxygen atoms in total. The smallest absolute Gasteiger partial charge is 0.244 e. The fourth-order valence-corrected chi connectivity index (χ4v) is 5.59. The summed E-state index contributed by atoms with van der Waals surface area (Å²) in [5.41, 5.74) is 0.475. The van der Waals surface area contributed by atoms with E-state index < -0.39 is 10.0 Å². The fourth-order valence-electron chi connectivity index (χ4n) is 3.58. The molecule has 26 heavy (non-hydrogen) atoms. The molecule has 1 amide bonds. The maximum absolute atomic E-state index is 12.7. The molecule has 0 atom stereocenters. The largest absolute Gasteiger partial charge is 0.326 e. The van der Waals surface area contributed by atoms with Crippen molar-refractivity contribution in [1.82, 2.24) is 9.62 Å². The molecule has 0 spiro atoms. The summed E-state index contributed by atoms with van der Waals surface area (Å²) in [6, 6.07) is 4.65. The van der Waals surface area contributed by atoms with Crippen molar-refractivity contribution in [2.75, 3.05) is 31.5 Å². The molecule has 2 heterocycles. The van der Waals surface area contributed by atoms with Gasteiger partial charge in [-0.25, -0.2) is 8.42 Å². The molecular weight excluding hydrogens is 374 g/mol. The zero-order chi connectivity index (χ0) is 18.6. The second-order valence-electron chi connectivity index (χ2n) is 7.04. The highest BCUT2D eigenvalue weighted by atomic mass is 35.5. The van der Waals surface area contributed by atoms with E-state index in [2.05, 4.69) is 10.6 Å². The van der Waals surface area contributed by atoms with Crippen LogP contribution in [-0.2, 0) is 14.8 Å². The Kier molecular flexibility index (Phi) is 6.55. The minimum Gasteiger partial charge on any atom is -0.326 e. The van der Waals surface area contributed by atoms with Gasteiger partial charge in [0, 0.05) is 25.2 Å². The summed E-state index contributed by atoms with van der Waals surface area (Å²) in [5.74, 6) is 0.494. The molecule has 8 heteroatoms. The Labute approximate surface area is 160 Å². The van der Waals surface area contributed by atoms with Crippen LogP contribution in [0, 0.1) is 5.92 Å². The number of sulfonamides is 1. The number of hydrogen-bond acceptors (Lipinski definition) is 4. The first kappa shape index (κ1) is 19.6. The summed E-state index contributed by atoms with van der Waals surface area (Å²) in [6.07, 6.45) is 5.24. The zero-order valence-electron chi connectivity index (χ0n) is 14.8. The number of nitrogens with zero attached hydrogens (tertiary/aromatic N) is 1. The number of rotatable bonds is 6. The Bertz CT molecular complexity index is 742. The molecule has 0 bridgehead atoms. The summed E-state index contributed by atoms with van der Waals surface area (Å²) in [6.45, 7) is 3.07. The highest BCUT2D eigenvalue weighted by Gasteiger charge is 2.29. The second-order valence-corrected chi connectivity index (χ2v) is 9.35. The molecule has 1 aromatic carbocycles. The predicted octanol–water partition coefficient (Wildman–Crippen LogP) is 2.84. The molecule has 2 saturated heterocycles. The van der Waals surface area contributed by atoms with Crippen molar-refractivity contribution >= 4 is 33.2 Å². The van der Waals surface area contributed by atoms with Gasteiger partial charge in [-0.1, -0.05) is 11.6 Å². The van der Waals surface area contributed by atoms with Crippen molar-refractivity contribution in [2.45, 2.75) is 43.4 Å². The maximum atomic E-state index is 12.7. The Balaban J connectivity index is 1.64. The second kappa shape index (κ2) is 8.69. The lowest BCUT2D eigenvalue weighted by Crippen LogP contribution is -2.28. The lowest BCUT2D eigenvalue weighted by Gasteiger charge is -2.22. The van der Waals surface area contributed by atoms with Gasteiger partial charge in [0.15, 0.2) is 0 Å². The fraction of sp³-hybridized carbons (Fsp3) is 0.611. The molecular formula is C18H26ClN3O3S. The highest BCUT2D eigenvalue weighted by Crippen LogP contribution is 2.29. The van der Waals surface area contributed by atoms with Crippen LogP contribution in [0.4, 0.5) is 5.69 Å². The van der Waals surface area contributed by atoms with E-state index in [1.54, 1.807) is 6.07 Å². The summed E-state index contributed by atoms with van der Waals surface area (Å²) >= 11 is 6.13. The van der Waals surface area contributed by atoms with Gasteiger partial charge in [0.05, 0.1) is 5.02 Å². The summed E-state index contributed by atoms with van der Waals surface area (Å²) in [5, 5.41) is 6.32. The number of carbonyl (C=O) groups excluding carboxylic acids is 1. The first-order valence-electron chi connectivity index (χ1n) is 9.27. The van der Waals surface area contributed by atoms with E-state index in [1.807, 2.05) is 0 Å². The summed E-state index contributed by atoms with van der Waals surface area (Å²) < 4.78 is 27.0. The number of anilines is 1. The number of carbonyl (C=O) groups is 1. The van der Waals surface area contributed by atoms with E-state index >= 15 is 0 Å². The van der Waals surface area contributed by atoms with Crippen molar-refractivity contribution in [3.8, 4) is 0 Å². The number of benzene rings is 1. The van der Waals surface area contributed by atoms with Crippen LogP contribution in [-0.4, -0.2) is 44.8 Å².